The van der Waals surface area contributed by atoms with Crippen LogP contribution in [0.3, 0.4) is 0 Å². The van der Waals surface area contributed by atoms with Crippen LogP contribution >= 0.6 is 0 Å². The van der Waals surface area contributed by atoms with Crippen molar-refractivity contribution in [2.45, 2.75) is 12.8 Å². The zero-order valence-electron chi connectivity index (χ0n) is 7.68. The lowest BCUT2D eigenvalue weighted by atomic mass is 10.4. The van der Waals surface area contributed by atoms with Crippen molar-refractivity contribution >= 4 is 11.9 Å². The molecule has 1 aliphatic rings. The highest BCUT2D eigenvalue weighted by molar-refractivity contribution is 5.85. The zero-order valence-corrected chi connectivity index (χ0v) is 7.68. The molecule has 2 rings (SSSR count). The molecule has 0 bridgehead atoms. The zero-order chi connectivity index (χ0) is 9.97. The van der Waals surface area contributed by atoms with E-state index in [2.05, 4.69) is 9.97 Å². The van der Waals surface area contributed by atoms with Crippen molar-refractivity contribution in [1.29, 1.82) is 0 Å². The quantitative estimate of drug-likeness (QED) is 0.751. The van der Waals surface area contributed by atoms with Crippen LogP contribution in [-0.4, -0.2) is 34.1 Å². The lowest BCUT2D eigenvalue weighted by Gasteiger charge is -2.14. The molecule has 1 saturated heterocycles. The van der Waals surface area contributed by atoms with Crippen LogP contribution in [0, 0.1) is 0 Å². The summed E-state index contributed by atoms with van der Waals surface area (Å²) in [5.74, 6) is -0.477. The van der Waals surface area contributed by atoms with Gasteiger partial charge < -0.3 is 10.0 Å². The van der Waals surface area contributed by atoms with Gasteiger partial charge in [-0.05, 0) is 18.9 Å². The van der Waals surface area contributed by atoms with Crippen LogP contribution in [0.5, 0.6) is 0 Å². The summed E-state index contributed by atoms with van der Waals surface area (Å²) < 4.78 is 0. The number of aromatic carboxylic acids is 1. The number of rotatable bonds is 2. The molecule has 0 aromatic carbocycles. The molecular weight excluding hydrogens is 182 g/mol. The molecule has 1 aromatic heterocycles. The molecule has 5 nitrogen and oxygen atoms in total. The number of anilines is 1. The van der Waals surface area contributed by atoms with E-state index in [1.807, 2.05) is 4.90 Å². The average molecular weight is 193 g/mol. The number of nitrogens with zero attached hydrogens (tertiary/aromatic N) is 3. The summed E-state index contributed by atoms with van der Waals surface area (Å²) in [6.07, 6.45) is 3.74. The van der Waals surface area contributed by atoms with Gasteiger partial charge in [0.15, 0.2) is 5.69 Å². The summed E-state index contributed by atoms with van der Waals surface area (Å²) in [5.41, 5.74) is 0.0573. The van der Waals surface area contributed by atoms with Crippen molar-refractivity contribution < 1.29 is 9.90 Å². The Morgan fingerprint density at radius 3 is 2.79 bits per heavy atom. The summed E-state index contributed by atoms with van der Waals surface area (Å²) in [4.78, 5) is 20.7. The molecular formula is C9H11N3O2. The van der Waals surface area contributed by atoms with Gasteiger partial charge in [-0.15, -0.1) is 0 Å². The fourth-order valence-electron chi connectivity index (χ4n) is 1.54. The van der Waals surface area contributed by atoms with Gasteiger partial charge >= 0.3 is 5.97 Å². The molecule has 0 radical (unpaired) electrons. The molecule has 2 heterocycles. The Morgan fingerprint density at radius 2 is 2.14 bits per heavy atom. The second-order valence-corrected chi connectivity index (χ2v) is 3.24. The van der Waals surface area contributed by atoms with Gasteiger partial charge in [-0.3, -0.25) is 0 Å². The maximum atomic E-state index is 10.7. The molecule has 1 fully saturated rings. The molecule has 74 valence electrons. The third kappa shape index (κ3) is 1.66. The van der Waals surface area contributed by atoms with Gasteiger partial charge in [-0.2, -0.15) is 0 Å². The van der Waals surface area contributed by atoms with Gasteiger partial charge in [0.2, 0.25) is 5.95 Å². The van der Waals surface area contributed by atoms with E-state index in [1.54, 1.807) is 0 Å². The molecule has 0 amide bonds. The monoisotopic (exact) mass is 193 g/mol. The molecule has 14 heavy (non-hydrogen) atoms. The second-order valence-electron chi connectivity index (χ2n) is 3.24. The first-order valence-electron chi connectivity index (χ1n) is 4.58. The smallest absolute Gasteiger partial charge is 0.354 e. The maximum absolute atomic E-state index is 10.7. The standard InChI is InChI=1S/C9H11N3O2/c13-8(14)7-3-4-10-9(11-7)12-5-1-2-6-12/h3-4H,1-2,5-6H2,(H,13,14). The van der Waals surface area contributed by atoms with Crippen LogP contribution in [0.1, 0.15) is 23.3 Å². The number of carboxylic acids is 1. The van der Waals surface area contributed by atoms with E-state index in [0.717, 1.165) is 25.9 Å². The van der Waals surface area contributed by atoms with E-state index in [9.17, 15) is 4.79 Å². The molecule has 0 unspecified atom stereocenters. The Kier molecular flexibility index (Phi) is 2.30. The molecule has 5 heteroatoms. The van der Waals surface area contributed by atoms with Crippen molar-refractivity contribution in [2.24, 2.45) is 0 Å². The highest BCUT2D eigenvalue weighted by atomic mass is 16.4. The minimum atomic E-state index is -1.01. The summed E-state index contributed by atoms with van der Waals surface area (Å²) in [6.45, 7) is 1.84. The Hall–Kier alpha value is -1.65. The van der Waals surface area contributed by atoms with Crippen LogP contribution in [-0.2, 0) is 0 Å². The van der Waals surface area contributed by atoms with E-state index in [4.69, 9.17) is 5.11 Å². The SMILES string of the molecule is O=C(O)c1ccnc(N2CCCC2)n1. The molecule has 1 N–H and O–H groups in total. The molecule has 0 aliphatic carbocycles. The normalized spacial score (nSPS) is 15.9. The van der Waals surface area contributed by atoms with E-state index in [0.29, 0.717) is 5.95 Å². The number of aromatic nitrogens is 2. The minimum absolute atomic E-state index is 0.0573. The van der Waals surface area contributed by atoms with Crippen molar-refractivity contribution in [3.8, 4) is 0 Å². The summed E-state index contributed by atoms with van der Waals surface area (Å²) in [5, 5.41) is 8.74. The fourth-order valence-corrected chi connectivity index (χ4v) is 1.54. The molecule has 0 spiro atoms. The minimum Gasteiger partial charge on any atom is -0.477 e. The predicted octanol–water partition coefficient (Wildman–Crippen LogP) is 0.775. The second kappa shape index (κ2) is 3.61. The van der Waals surface area contributed by atoms with Gasteiger partial charge in [0.05, 0.1) is 0 Å². The lowest BCUT2D eigenvalue weighted by Crippen LogP contribution is -2.21. The Morgan fingerprint density at radius 1 is 1.43 bits per heavy atom. The third-order valence-corrected chi connectivity index (χ3v) is 2.25. The van der Waals surface area contributed by atoms with Gasteiger partial charge in [0, 0.05) is 19.3 Å². The topological polar surface area (TPSA) is 66.3 Å². The van der Waals surface area contributed by atoms with Gasteiger partial charge in [0.1, 0.15) is 0 Å². The molecule has 0 saturated carbocycles. The van der Waals surface area contributed by atoms with Gasteiger partial charge in [-0.1, -0.05) is 0 Å². The van der Waals surface area contributed by atoms with E-state index in [1.165, 1.54) is 12.3 Å². The first kappa shape index (κ1) is 8.93. The summed E-state index contributed by atoms with van der Waals surface area (Å²) in [7, 11) is 0. The predicted molar refractivity (Wildman–Crippen MR) is 50.4 cm³/mol. The Bertz CT molecular complexity index is 348. The maximum Gasteiger partial charge on any atom is 0.354 e. The van der Waals surface area contributed by atoms with Crippen molar-refractivity contribution in [3.63, 3.8) is 0 Å². The molecule has 1 aromatic rings. The highest BCUT2D eigenvalue weighted by Gasteiger charge is 2.16. The van der Waals surface area contributed by atoms with Crippen molar-refractivity contribution in [1.82, 2.24) is 9.97 Å². The largest absolute Gasteiger partial charge is 0.477 e. The Balaban J connectivity index is 2.25. The lowest BCUT2D eigenvalue weighted by molar-refractivity contribution is 0.0690. The first-order chi connectivity index (χ1) is 6.77. The van der Waals surface area contributed by atoms with Crippen LogP contribution < -0.4 is 4.90 Å². The van der Waals surface area contributed by atoms with Crippen LogP contribution in [0.25, 0.3) is 0 Å². The Labute approximate surface area is 81.4 Å². The summed E-state index contributed by atoms with van der Waals surface area (Å²) in [6, 6.07) is 1.40. The van der Waals surface area contributed by atoms with E-state index >= 15 is 0 Å². The number of carboxylic acid groups (broad SMARTS) is 1. The van der Waals surface area contributed by atoms with E-state index in [-0.39, 0.29) is 5.69 Å². The van der Waals surface area contributed by atoms with Crippen molar-refractivity contribution in [3.05, 3.63) is 18.0 Å². The number of hydrogen-bond donors (Lipinski definition) is 1. The van der Waals surface area contributed by atoms with Gasteiger partial charge in [-0.25, -0.2) is 14.8 Å². The van der Waals surface area contributed by atoms with Crippen molar-refractivity contribution in [2.75, 3.05) is 18.0 Å². The molecule has 0 atom stereocenters. The summed E-state index contributed by atoms with van der Waals surface area (Å²) >= 11 is 0. The van der Waals surface area contributed by atoms with Crippen LogP contribution in [0.4, 0.5) is 5.95 Å². The molecule has 1 aliphatic heterocycles. The van der Waals surface area contributed by atoms with E-state index < -0.39 is 5.97 Å². The number of carbonyl (C=O) groups is 1. The highest BCUT2D eigenvalue weighted by Crippen LogP contribution is 2.14. The average Bonchev–Trinajstić information content (AvgIpc) is 2.71. The first-order valence-corrected chi connectivity index (χ1v) is 4.58. The fraction of sp³-hybridized carbons (Fsp3) is 0.444. The number of hydrogen-bond acceptors (Lipinski definition) is 4. The van der Waals surface area contributed by atoms with Gasteiger partial charge in [0.25, 0.3) is 0 Å². The van der Waals surface area contributed by atoms with Crippen LogP contribution in [0.2, 0.25) is 0 Å². The third-order valence-electron chi connectivity index (χ3n) is 2.25. The van der Waals surface area contributed by atoms with Crippen LogP contribution in [0.15, 0.2) is 12.3 Å².